The monoisotopic (exact) mass is 177 g/mol. The highest BCUT2D eigenvalue weighted by Crippen LogP contribution is 2.17. The van der Waals surface area contributed by atoms with Crippen LogP contribution in [-0.2, 0) is 0 Å². The Hall–Kier alpha value is -1.55. The molecule has 0 fully saturated rings. The van der Waals surface area contributed by atoms with E-state index in [0.29, 0.717) is 12.4 Å². The summed E-state index contributed by atoms with van der Waals surface area (Å²) in [4.78, 5) is 6.83. The van der Waals surface area contributed by atoms with Crippen molar-refractivity contribution in [3.05, 3.63) is 24.5 Å². The lowest BCUT2D eigenvalue weighted by molar-refractivity contribution is 0.201. The molecule has 0 saturated carbocycles. The maximum atomic E-state index is 8.55. The largest absolute Gasteiger partial charge is 0.491 e. The van der Waals surface area contributed by atoms with Crippen molar-refractivity contribution in [3.63, 3.8) is 0 Å². The molecule has 1 aromatic heterocycles. The van der Waals surface area contributed by atoms with Crippen LogP contribution in [0, 0.1) is 6.33 Å². The highest BCUT2D eigenvalue weighted by molar-refractivity contribution is 5.75. The van der Waals surface area contributed by atoms with Crippen molar-refractivity contribution in [2.75, 3.05) is 13.2 Å². The highest BCUT2D eigenvalue weighted by Gasteiger charge is 1.98. The fourth-order valence-electron chi connectivity index (χ4n) is 1.11. The molecule has 2 rings (SSSR count). The van der Waals surface area contributed by atoms with Crippen LogP contribution in [0.15, 0.2) is 18.2 Å². The van der Waals surface area contributed by atoms with Gasteiger partial charge in [0.15, 0.2) is 6.33 Å². The van der Waals surface area contributed by atoms with Gasteiger partial charge in [-0.05, 0) is 12.1 Å². The van der Waals surface area contributed by atoms with Crippen molar-refractivity contribution < 1.29 is 9.84 Å². The number of fused-ring (bicyclic) bond motifs is 1. The van der Waals surface area contributed by atoms with Gasteiger partial charge in [-0.3, -0.25) is 0 Å². The smallest absolute Gasteiger partial charge is 0.174 e. The molecule has 2 aromatic rings. The maximum absolute atomic E-state index is 8.55. The molecule has 0 amide bonds. The molecule has 67 valence electrons. The number of aromatic amines is 1. The maximum Gasteiger partial charge on any atom is 0.174 e. The molecule has 1 heterocycles. The molecule has 13 heavy (non-hydrogen) atoms. The summed E-state index contributed by atoms with van der Waals surface area (Å²) in [7, 11) is 0. The molecule has 0 atom stereocenters. The van der Waals surface area contributed by atoms with Gasteiger partial charge in [0.1, 0.15) is 12.4 Å². The summed E-state index contributed by atoms with van der Waals surface area (Å²) in [6, 6.07) is 5.49. The van der Waals surface area contributed by atoms with Crippen LogP contribution in [0.5, 0.6) is 5.75 Å². The van der Waals surface area contributed by atoms with Crippen molar-refractivity contribution >= 4 is 11.0 Å². The predicted molar refractivity (Wildman–Crippen MR) is 47.5 cm³/mol. The molecule has 4 heteroatoms. The number of aliphatic hydroxyl groups is 1. The molecule has 1 radical (unpaired) electrons. The Morgan fingerprint density at radius 3 is 3.31 bits per heavy atom. The number of ether oxygens (including phenoxy) is 1. The van der Waals surface area contributed by atoms with E-state index in [4.69, 9.17) is 9.84 Å². The van der Waals surface area contributed by atoms with Gasteiger partial charge in [0.2, 0.25) is 0 Å². The normalized spacial score (nSPS) is 10.5. The van der Waals surface area contributed by atoms with Crippen molar-refractivity contribution in [2.24, 2.45) is 0 Å². The average molecular weight is 177 g/mol. The lowest BCUT2D eigenvalue weighted by atomic mass is 10.3. The lowest BCUT2D eigenvalue weighted by Gasteiger charge is -2.02. The minimum absolute atomic E-state index is 0.0186. The topological polar surface area (TPSA) is 58.1 Å². The molecule has 0 saturated heterocycles. The zero-order valence-electron chi connectivity index (χ0n) is 6.95. The third kappa shape index (κ3) is 1.62. The Morgan fingerprint density at radius 2 is 2.46 bits per heavy atom. The standard InChI is InChI=1S/C9H9N2O2/c12-3-4-13-7-1-2-8-9(5-7)11-6-10-8/h1-2,5,12H,3-4H2,(H,10,11). The Balaban J connectivity index is 2.26. The number of nitrogens with one attached hydrogen (secondary N) is 1. The minimum Gasteiger partial charge on any atom is -0.491 e. The Bertz CT molecular complexity index is 397. The summed E-state index contributed by atoms with van der Waals surface area (Å²) >= 11 is 0. The second kappa shape index (κ2) is 3.45. The zero-order valence-corrected chi connectivity index (χ0v) is 6.95. The molecule has 4 nitrogen and oxygen atoms in total. The van der Waals surface area contributed by atoms with Crippen molar-refractivity contribution in [2.45, 2.75) is 0 Å². The molecular weight excluding hydrogens is 168 g/mol. The van der Waals surface area contributed by atoms with Crippen LogP contribution >= 0.6 is 0 Å². The van der Waals surface area contributed by atoms with Gasteiger partial charge in [0, 0.05) is 6.07 Å². The fraction of sp³-hybridized carbons (Fsp3) is 0.222. The summed E-state index contributed by atoms with van der Waals surface area (Å²) in [5.74, 6) is 0.710. The summed E-state index contributed by atoms with van der Waals surface area (Å²) in [5, 5.41) is 8.55. The third-order valence-corrected chi connectivity index (χ3v) is 1.70. The molecule has 0 aliphatic rings. The first kappa shape index (κ1) is 8.07. The Labute approximate surface area is 75.2 Å². The Morgan fingerprint density at radius 1 is 1.54 bits per heavy atom. The van der Waals surface area contributed by atoms with E-state index >= 15 is 0 Å². The van der Waals surface area contributed by atoms with E-state index in [1.54, 1.807) is 6.07 Å². The lowest BCUT2D eigenvalue weighted by Crippen LogP contribution is -2.01. The summed E-state index contributed by atoms with van der Waals surface area (Å²) in [6.07, 6.45) is 2.64. The molecule has 2 N–H and O–H groups in total. The van der Waals surface area contributed by atoms with Crippen LogP contribution in [0.2, 0.25) is 0 Å². The predicted octanol–water partition coefficient (Wildman–Crippen LogP) is 0.734. The second-order valence-corrected chi connectivity index (χ2v) is 2.60. The van der Waals surface area contributed by atoms with E-state index in [1.807, 2.05) is 12.1 Å². The number of benzene rings is 1. The summed E-state index contributed by atoms with van der Waals surface area (Å²) in [5.41, 5.74) is 1.74. The number of aliphatic hydroxyl groups excluding tert-OH is 1. The number of imidazole rings is 1. The van der Waals surface area contributed by atoms with Crippen LogP contribution in [0.1, 0.15) is 0 Å². The van der Waals surface area contributed by atoms with E-state index in [2.05, 4.69) is 16.3 Å². The zero-order chi connectivity index (χ0) is 9.10. The number of aromatic nitrogens is 2. The van der Waals surface area contributed by atoms with E-state index in [0.717, 1.165) is 11.0 Å². The quantitative estimate of drug-likeness (QED) is 0.726. The van der Waals surface area contributed by atoms with Crippen molar-refractivity contribution in [1.29, 1.82) is 0 Å². The second-order valence-electron chi connectivity index (χ2n) is 2.60. The number of hydrogen-bond acceptors (Lipinski definition) is 3. The molecule has 0 unspecified atom stereocenters. The van der Waals surface area contributed by atoms with Gasteiger partial charge >= 0.3 is 0 Å². The molecule has 0 aliphatic carbocycles. The van der Waals surface area contributed by atoms with Crippen molar-refractivity contribution in [3.8, 4) is 5.75 Å². The SMILES string of the molecule is OCCOc1ccc2[nH][c]nc2c1. The first-order valence-corrected chi connectivity index (χ1v) is 3.99. The van der Waals surface area contributed by atoms with Gasteiger partial charge in [-0.15, -0.1) is 0 Å². The van der Waals surface area contributed by atoms with Crippen molar-refractivity contribution in [1.82, 2.24) is 9.97 Å². The van der Waals surface area contributed by atoms with E-state index < -0.39 is 0 Å². The Kier molecular flexibility index (Phi) is 2.14. The molecule has 1 aromatic carbocycles. The van der Waals surface area contributed by atoms with Gasteiger partial charge in [0.05, 0.1) is 17.6 Å². The summed E-state index contributed by atoms with van der Waals surface area (Å²) < 4.78 is 5.21. The van der Waals surface area contributed by atoms with E-state index in [9.17, 15) is 0 Å². The van der Waals surface area contributed by atoms with Gasteiger partial charge < -0.3 is 14.8 Å². The first-order chi connectivity index (χ1) is 6.40. The van der Waals surface area contributed by atoms with E-state index in [1.165, 1.54) is 0 Å². The molecule has 0 aliphatic heterocycles. The average Bonchev–Trinajstić information content (AvgIpc) is 2.61. The number of hydrogen-bond donors (Lipinski definition) is 2. The number of H-pyrrole nitrogens is 1. The number of nitrogens with zero attached hydrogens (tertiary/aromatic N) is 1. The van der Waals surface area contributed by atoms with E-state index in [-0.39, 0.29) is 6.61 Å². The van der Waals surface area contributed by atoms with Crippen LogP contribution < -0.4 is 4.74 Å². The van der Waals surface area contributed by atoms with Gasteiger partial charge in [-0.25, -0.2) is 4.98 Å². The minimum atomic E-state index is 0.0186. The van der Waals surface area contributed by atoms with Crippen LogP contribution in [0.25, 0.3) is 11.0 Å². The third-order valence-electron chi connectivity index (χ3n) is 1.70. The number of rotatable bonds is 3. The summed E-state index contributed by atoms with van der Waals surface area (Å²) in [6.45, 7) is 0.324. The van der Waals surface area contributed by atoms with Gasteiger partial charge in [-0.1, -0.05) is 0 Å². The molecule has 0 bridgehead atoms. The first-order valence-electron chi connectivity index (χ1n) is 3.99. The van der Waals surface area contributed by atoms with Crippen LogP contribution in [0.3, 0.4) is 0 Å². The fourth-order valence-corrected chi connectivity index (χ4v) is 1.11. The van der Waals surface area contributed by atoms with Gasteiger partial charge in [0.25, 0.3) is 0 Å². The molecular formula is C9H9N2O2. The van der Waals surface area contributed by atoms with Crippen LogP contribution in [-0.4, -0.2) is 28.3 Å². The van der Waals surface area contributed by atoms with Crippen LogP contribution in [0.4, 0.5) is 0 Å². The highest BCUT2D eigenvalue weighted by atomic mass is 16.5. The van der Waals surface area contributed by atoms with Gasteiger partial charge in [-0.2, -0.15) is 0 Å². The molecule has 0 spiro atoms.